The maximum Gasteiger partial charge on any atom is 0.186 e. The lowest BCUT2D eigenvalue weighted by Crippen LogP contribution is -2.32. The van der Waals surface area contributed by atoms with E-state index in [0.717, 1.165) is 29.6 Å². The molecule has 5 heteroatoms. The zero-order chi connectivity index (χ0) is 13.1. The molecule has 1 heterocycles. The first-order chi connectivity index (χ1) is 8.65. The summed E-state index contributed by atoms with van der Waals surface area (Å²) in [6.45, 7) is 5.79. The third kappa shape index (κ3) is 3.09. The highest BCUT2D eigenvalue weighted by molar-refractivity contribution is 7.17. The van der Waals surface area contributed by atoms with Crippen molar-refractivity contribution >= 4 is 22.8 Å². The van der Waals surface area contributed by atoms with Crippen LogP contribution in [0.3, 0.4) is 0 Å². The van der Waals surface area contributed by atoms with Crippen molar-refractivity contribution in [3.05, 3.63) is 10.6 Å². The summed E-state index contributed by atoms with van der Waals surface area (Å²) in [4.78, 5) is 18.6. The van der Waals surface area contributed by atoms with E-state index in [1.165, 1.54) is 24.2 Å². The Morgan fingerprint density at radius 1 is 1.56 bits per heavy atom. The molecule has 100 valence electrons. The van der Waals surface area contributed by atoms with Crippen molar-refractivity contribution in [2.24, 2.45) is 5.92 Å². The molecule has 0 radical (unpaired) electrons. The lowest BCUT2D eigenvalue weighted by molar-refractivity contribution is 0.112. The molecule has 0 N–H and O–H groups in total. The Balaban J connectivity index is 2.20. The molecule has 0 aromatic carbocycles. The average molecular weight is 268 g/mol. The fourth-order valence-corrected chi connectivity index (χ4v) is 2.92. The number of carbonyl (C=O) groups is 1. The average Bonchev–Trinajstić information content (AvgIpc) is 3.07. The van der Waals surface area contributed by atoms with E-state index >= 15 is 0 Å². The summed E-state index contributed by atoms with van der Waals surface area (Å²) in [5.74, 6) is 0.807. The van der Waals surface area contributed by atoms with Crippen molar-refractivity contribution in [3.8, 4) is 0 Å². The normalized spacial score (nSPS) is 15.1. The molecule has 4 nitrogen and oxygen atoms in total. The summed E-state index contributed by atoms with van der Waals surface area (Å²) >= 11 is 1.47. The van der Waals surface area contributed by atoms with Gasteiger partial charge in [0.05, 0.1) is 17.2 Å². The second kappa shape index (κ2) is 5.80. The monoisotopic (exact) mass is 268 g/mol. The van der Waals surface area contributed by atoms with Crippen LogP contribution in [-0.4, -0.2) is 31.0 Å². The van der Waals surface area contributed by atoms with Crippen LogP contribution in [0.15, 0.2) is 0 Å². The van der Waals surface area contributed by atoms with Crippen molar-refractivity contribution in [2.45, 2.75) is 39.3 Å². The fourth-order valence-electron chi connectivity index (χ4n) is 1.89. The largest absolute Gasteiger partial charge is 0.378 e. The summed E-state index contributed by atoms with van der Waals surface area (Å²) in [6.07, 6.45) is 3.52. The predicted molar refractivity (Wildman–Crippen MR) is 73.4 cm³/mol. The van der Waals surface area contributed by atoms with Crippen LogP contribution in [-0.2, 0) is 11.3 Å². The minimum atomic E-state index is 0.403. The topological polar surface area (TPSA) is 42.4 Å². The molecule has 1 aliphatic rings. The number of rotatable bonds is 7. The van der Waals surface area contributed by atoms with E-state index in [1.54, 1.807) is 7.11 Å². The van der Waals surface area contributed by atoms with Gasteiger partial charge >= 0.3 is 0 Å². The molecule has 0 aliphatic heterocycles. The lowest BCUT2D eigenvalue weighted by atomic mass is 10.3. The van der Waals surface area contributed by atoms with Gasteiger partial charge in [-0.2, -0.15) is 0 Å². The molecular weight excluding hydrogens is 248 g/mol. The Bertz CT molecular complexity index is 413. The number of aromatic nitrogens is 1. The number of carbonyl (C=O) groups excluding carboxylic acids is 1. The molecule has 0 atom stereocenters. The van der Waals surface area contributed by atoms with Gasteiger partial charge in [0.1, 0.15) is 0 Å². The predicted octanol–water partition coefficient (Wildman–Crippen LogP) is 2.73. The van der Waals surface area contributed by atoms with Gasteiger partial charge in [0.15, 0.2) is 11.4 Å². The highest BCUT2D eigenvalue weighted by Crippen LogP contribution is 2.34. The van der Waals surface area contributed by atoms with Crippen LogP contribution >= 0.6 is 11.3 Å². The highest BCUT2D eigenvalue weighted by Gasteiger charge is 2.27. The van der Waals surface area contributed by atoms with Gasteiger partial charge in [-0.05, 0) is 32.6 Å². The fraction of sp³-hybridized carbons (Fsp3) is 0.692. The Morgan fingerprint density at radius 2 is 2.28 bits per heavy atom. The number of nitrogens with zero attached hydrogens (tertiary/aromatic N) is 2. The SMILES string of the molecule is COCc1nc(N(CC2CC2)C(C)C)sc1C=O. The molecule has 0 unspecified atom stereocenters. The molecule has 2 rings (SSSR count). The molecule has 0 spiro atoms. The Morgan fingerprint density at radius 3 is 2.78 bits per heavy atom. The Hall–Kier alpha value is -0.940. The van der Waals surface area contributed by atoms with Crippen LogP contribution in [0.4, 0.5) is 5.13 Å². The lowest BCUT2D eigenvalue weighted by Gasteiger charge is -2.26. The molecule has 1 aliphatic carbocycles. The van der Waals surface area contributed by atoms with Gasteiger partial charge in [-0.1, -0.05) is 11.3 Å². The number of hydrogen-bond donors (Lipinski definition) is 0. The molecule has 1 aromatic rings. The van der Waals surface area contributed by atoms with E-state index in [1.807, 2.05) is 0 Å². The van der Waals surface area contributed by atoms with Crippen molar-refractivity contribution in [1.29, 1.82) is 0 Å². The number of methoxy groups -OCH3 is 1. The summed E-state index contributed by atoms with van der Waals surface area (Å²) in [6, 6.07) is 0.409. The first kappa shape index (κ1) is 13.5. The van der Waals surface area contributed by atoms with Crippen LogP contribution in [0.2, 0.25) is 0 Å². The zero-order valence-corrected chi connectivity index (χ0v) is 12.0. The summed E-state index contributed by atoms with van der Waals surface area (Å²) < 4.78 is 5.08. The van der Waals surface area contributed by atoms with Crippen LogP contribution in [0.25, 0.3) is 0 Å². The molecule has 1 aromatic heterocycles. The van der Waals surface area contributed by atoms with E-state index in [2.05, 4.69) is 23.7 Å². The number of hydrogen-bond acceptors (Lipinski definition) is 5. The first-order valence-electron chi connectivity index (χ1n) is 6.36. The minimum absolute atomic E-state index is 0.403. The van der Waals surface area contributed by atoms with Gasteiger partial charge in [0.2, 0.25) is 0 Å². The maximum absolute atomic E-state index is 11.0. The molecule has 0 bridgehead atoms. The second-order valence-electron chi connectivity index (χ2n) is 5.05. The van der Waals surface area contributed by atoms with Gasteiger partial charge in [-0.15, -0.1) is 0 Å². The third-order valence-corrected chi connectivity index (χ3v) is 4.19. The van der Waals surface area contributed by atoms with Gasteiger partial charge in [0.25, 0.3) is 0 Å². The molecule has 0 amide bonds. The van der Waals surface area contributed by atoms with Gasteiger partial charge in [0, 0.05) is 19.7 Å². The van der Waals surface area contributed by atoms with Crippen LogP contribution < -0.4 is 4.90 Å². The van der Waals surface area contributed by atoms with Crippen molar-refractivity contribution in [2.75, 3.05) is 18.6 Å². The molecule has 1 fully saturated rings. The standard InChI is InChI=1S/C13H20N2O2S/c1-9(2)15(6-10-4-5-10)13-14-11(8-17-3)12(7-16)18-13/h7,9-10H,4-6,8H2,1-3H3. The summed E-state index contributed by atoms with van der Waals surface area (Å²) in [7, 11) is 1.62. The van der Waals surface area contributed by atoms with E-state index in [-0.39, 0.29) is 0 Å². The van der Waals surface area contributed by atoms with Crippen molar-refractivity contribution in [3.63, 3.8) is 0 Å². The number of aldehydes is 1. The minimum Gasteiger partial charge on any atom is -0.378 e. The van der Waals surface area contributed by atoms with Crippen molar-refractivity contribution in [1.82, 2.24) is 4.98 Å². The summed E-state index contributed by atoms with van der Waals surface area (Å²) in [5.41, 5.74) is 0.758. The third-order valence-electron chi connectivity index (χ3n) is 3.13. The number of thiazole rings is 1. The summed E-state index contributed by atoms with van der Waals surface area (Å²) in [5, 5.41) is 0.950. The molecule has 1 saturated carbocycles. The van der Waals surface area contributed by atoms with Crippen LogP contribution in [0, 0.1) is 5.92 Å². The maximum atomic E-state index is 11.0. The van der Waals surface area contributed by atoms with Gasteiger partial charge in [-0.3, -0.25) is 4.79 Å². The Kier molecular flexibility index (Phi) is 4.35. The van der Waals surface area contributed by atoms with Gasteiger partial charge < -0.3 is 9.64 Å². The number of ether oxygens (including phenoxy) is 1. The number of anilines is 1. The van der Waals surface area contributed by atoms with Gasteiger partial charge in [-0.25, -0.2) is 4.98 Å². The molecule has 0 saturated heterocycles. The van der Waals surface area contributed by atoms with E-state index in [9.17, 15) is 4.79 Å². The quantitative estimate of drug-likeness (QED) is 0.713. The second-order valence-corrected chi connectivity index (χ2v) is 6.06. The van der Waals surface area contributed by atoms with Crippen molar-refractivity contribution < 1.29 is 9.53 Å². The van der Waals surface area contributed by atoms with E-state index < -0.39 is 0 Å². The zero-order valence-electron chi connectivity index (χ0n) is 11.2. The Labute approximate surface area is 112 Å². The smallest absolute Gasteiger partial charge is 0.186 e. The van der Waals surface area contributed by atoms with E-state index in [4.69, 9.17) is 4.74 Å². The van der Waals surface area contributed by atoms with Crippen LogP contribution in [0.5, 0.6) is 0 Å². The molecular formula is C13H20N2O2S. The van der Waals surface area contributed by atoms with E-state index in [0.29, 0.717) is 17.5 Å². The highest BCUT2D eigenvalue weighted by atomic mass is 32.1. The first-order valence-corrected chi connectivity index (χ1v) is 7.17. The molecule has 18 heavy (non-hydrogen) atoms. The van der Waals surface area contributed by atoms with Crippen LogP contribution in [0.1, 0.15) is 42.1 Å².